The number of hydrogen-bond acceptors (Lipinski definition) is 3. The van der Waals surface area contributed by atoms with Crippen molar-refractivity contribution in [2.24, 2.45) is 5.41 Å². The molecule has 1 saturated heterocycles. The van der Waals surface area contributed by atoms with Crippen molar-refractivity contribution in [3.8, 4) is 5.75 Å². The van der Waals surface area contributed by atoms with Gasteiger partial charge in [-0.3, -0.25) is 9.69 Å². The van der Waals surface area contributed by atoms with E-state index in [0.717, 1.165) is 18.8 Å². The topological polar surface area (TPSA) is 41.6 Å². The summed E-state index contributed by atoms with van der Waals surface area (Å²) < 4.78 is 5.25. The zero-order valence-electron chi connectivity index (χ0n) is 14.9. The Balaban J connectivity index is 2.12. The number of rotatable bonds is 5. The summed E-state index contributed by atoms with van der Waals surface area (Å²) in [5.74, 6) is 0.970. The fourth-order valence-corrected chi connectivity index (χ4v) is 2.97. The van der Waals surface area contributed by atoms with Gasteiger partial charge in [0.15, 0.2) is 0 Å². The summed E-state index contributed by atoms with van der Waals surface area (Å²) in [7, 11) is 1.68. The lowest BCUT2D eigenvalue weighted by atomic mass is 9.95. The molecule has 1 aliphatic rings. The molecule has 0 radical (unpaired) electrons. The molecule has 0 spiro atoms. The van der Waals surface area contributed by atoms with Crippen LogP contribution in [-0.2, 0) is 4.79 Å². The third-order valence-corrected chi connectivity index (χ3v) is 4.47. The van der Waals surface area contributed by atoms with Gasteiger partial charge in [-0.2, -0.15) is 0 Å². The molecule has 1 amide bonds. The molecule has 2 rings (SSSR count). The summed E-state index contributed by atoms with van der Waals surface area (Å²) in [6.45, 7) is 8.70. The Labute approximate surface area is 140 Å². The number of benzene rings is 1. The van der Waals surface area contributed by atoms with E-state index in [1.54, 1.807) is 7.11 Å². The van der Waals surface area contributed by atoms with Crippen LogP contribution >= 0.6 is 0 Å². The number of nitrogens with one attached hydrogen (secondary N) is 1. The maximum absolute atomic E-state index is 12.2. The predicted octanol–water partition coefficient (Wildman–Crippen LogP) is 3.38. The monoisotopic (exact) mass is 318 g/mol. The molecule has 128 valence electrons. The van der Waals surface area contributed by atoms with Gasteiger partial charge in [-0.05, 0) is 43.6 Å². The largest absolute Gasteiger partial charge is 0.497 e. The Morgan fingerprint density at radius 2 is 1.78 bits per heavy atom. The number of hydrogen-bond donors (Lipinski definition) is 1. The minimum atomic E-state index is -0.355. The summed E-state index contributed by atoms with van der Waals surface area (Å²) in [6.07, 6.45) is 3.78. The quantitative estimate of drug-likeness (QED) is 0.905. The molecule has 1 aromatic carbocycles. The SMILES string of the molecule is COc1ccc(C(CNC(=O)C(C)(C)C)N2CCCCC2)cc1. The lowest BCUT2D eigenvalue weighted by Crippen LogP contribution is -2.43. The van der Waals surface area contributed by atoms with Gasteiger partial charge in [-0.15, -0.1) is 0 Å². The molecular weight excluding hydrogens is 288 g/mol. The molecule has 0 bridgehead atoms. The highest BCUT2D eigenvalue weighted by molar-refractivity contribution is 5.81. The van der Waals surface area contributed by atoms with E-state index in [2.05, 4.69) is 22.3 Å². The van der Waals surface area contributed by atoms with E-state index in [-0.39, 0.29) is 17.4 Å². The number of methoxy groups -OCH3 is 1. The highest BCUT2D eigenvalue weighted by Crippen LogP contribution is 2.26. The van der Waals surface area contributed by atoms with Gasteiger partial charge in [-0.25, -0.2) is 0 Å². The third kappa shape index (κ3) is 4.96. The van der Waals surface area contributed by atoms with Crippen molar-refractivity contribution in [3.05, 3.63) is 29.8 Å². The number of carbonyl (C=O) groups excluding carboxylic acids is 1. The fourth-order valence-electron chi connectivity index (χ4n) is 2.97. The molecule has 1 heterocycles. The van der Waals surface area contributed by atoms with Crippen LogP contribution in [0.5, 0.6) is 5.75 Å². The maximum atomic E-state index is 12.2. The summed E-state index contributed by atoms with van der Waals surface area (Å²) >= 11 is 0. The van der Waals surface area contributed by atoms with Crippen LogP contribution in [0.2, 0.25) is 0 Å². The van der Waals surface area contributed by atoms with Crippen molar-refractivity contribution in [2.75, 3.05) is 26.7 Å². The van der Waals surface area contributed by atoms with Crippen LogP contribution < -0.4 is 10.1 Å². The molecule has 4 heteroatoms. The molecular formula is C19H30N2O2. The van der Waals surface area contributed by atoms with Gasteiger partial charge in [0.05, 0.1) is 13.2 Å². The number of piperidine rings is 1. The van der Waals surface area contributed by atoms with Crippen molar-refractivity contribution in [3.63, 3.8) is 0 Å². The minimum absolute atomic E-state index is 0.105. The normalized spacial score (nSPS) is 17.6. The number of ether oxygens (including phenoxy) is 1. The van der Waals surface area contributed by atoms with E-state index in [0.29, 0.717) is 6.54 Å². The van der Waals surface area contributed by atoms with E-state index in [9.17, 15) is 4.79 Å². The third-order valence-electron chi connectivity index (χ3n) is 4.47. The van der Waals surface area contributed by atoms with Gasteiger partial charge in [0.1, 0.15) is 5.75 Å². The van der Waals surface area contributed by atoms with Crippen molar-refractivity contribution in [2.45, 2.75) is 46.1 Å². The van der Waals surface area contributed by atoms with Gasteiger partial charge in [-0.1, -0.05) is 39.3 Å². The summed E-state index contributed by atoms with van der Waals surface area (Å²) in [4.78, 5) is 14.7. The summed E-state index contributed by atoms with van der Waals surface area (Å²) in [6, 6.07) is 8.45. The highest BCUT2D eigenvalue weighted by atomic mass is 16.5. The van der Waals surface area contributed by atoms with E-state index >= 15 is 0 Å². The van der Waals surface area contributed by atoms with E-state index in [4.69, 9.17) is 4.74 Å². The molecule has 0 saturated carbocycles. The minimum Gasteiger partial charge on any atom is -0.497 e. The average molecular weight is 318 g/mol. The number of likely N-dealkylation sites (tertiary alicyclic amines) is 1. The molecule has 1 aromatic rings. The first kappa shape index (κ1) is 17.8. The average Bonchev–Trinajstić information content (AvgIpc) is 2.55. The van der Waals surface area contributed by atoms with Gasteiger partial charge < -0.3 is 10.1 Å². The van der Waals surface area contributed by atoms with Crippen LogP contribution in [0.3, 0.4) is 0 Å². The molecule has 1 atom stereocenters. The second kappa shape index (κ2) is 7.82. The van der Waals surface area contributed by atoms with Crippen molar-refractivity contribution in [1.29, 1.82) is 0 Å². The van der Waals surface area contributed by atoms with Crippen molar-refractivity contribution < 1.29 is 9.53 Å². The number of nitrogens with zero attached hydrogens (tertiary/aromatic N) is 1. The van der Waals surface area contributed by atoms with Crippen LogP contribution in [0.1, 0.15) is 51.6 Å². The lowest BCUT2D eigenvalue weighted by Gasteiger charge is -2.35. The Hall–Kier alpha value is -1.55. The first-order valence-corrected chi connectivity index (χ1v) is 8.58. The predicted molar refractivity (Wildman–Crippen MR) is 93.6 cm³/mol. The zero-order chi connectivity index (χ0) is 16.9. The van der Waals surface area contributed by atoms with Gasteiger partial charge >= 0.3 is 0 Å². The van der Waals surface area contributed by atoms with Crippen LogP contribution in [-0.4, -0.2) is 37.6 Å². The van der Waals surface area contributed by atoms with Gasteiger partial charge in [0, 0.05) is 12.0 Å². The smallest absolute Gasteiger partial charge is 0.225 e. The van der Waals surface area contributed by atoms with Crippen LogP contribution in [0, 0.1) is 5.41 Å². The summed E-state index contributed by atoms with van der Waals surface area (Å²) in [5, 5.41) is 3.14. The molecule has 0 aromatic heterocycles. The van der Waals surface area contributed by atoms with Crippen LogP contribution in [0.15, 0.2) is 24.3 Å². The number of carbonyl (C=O) groups is 1. The standard InChI is InChI=1S/C19H30N2O2/c1-19(2,3)18(22)20-14-17(21-12-6-5-7-13-21)15-8-10-16(23-4)11-9-15/h8-11,17H,5-7,12-14H2,1-4H3,(H,20,22). The highest BCUT2D eigenvalue weighted by Gasteiger charge is 2.26. The molecule has 1 N–H and O–H groups in total. The Kier molecular flexibility index (Phi) is 6.05. The van der Waals surface area contributed by atoms with Gasteiger partial charge in [0.2, 0.25) is 5.91 Å². The van der Waals surface area contributed by atoms with E-state index < -0.39 is 0 Å². The Bertz CT molecular complexity index is 499. The fraction of sp³-hybridized carbons (Fsp3) is 0.632. The van der Waals surface area contributed by atoms with Crippen LogP contribution in [0.25, 0.3) is 0 Å². The molecule has 23 heavy (non-hydrogen) atoms. The maximum Gasteiger partial charge on any atom is 0.225 e. The van der Waals surface area contributed by atoms with Gasteiger partial charge in [0.25, 0.3) is 0 Å². The molecule has 0 aliphatic carbocycles. The van der Waals surface area contributed by atoms with E-state index in [1.165, 1.54) is 24.8 Å². The zero-order valence-corrected chi connectivity index (χ0v) is 14.9. The first-order valence-electron chi connectivity index (χ1n) is 8.58. The summed E-state index contributed by atoms with van der Waals surface area (Å²) in [5.41, 5.74) is 0.883. The lowest BCUT2D eigenvalue weighted by molar-refractivity contribution is -0.128. The molecule has 1 fully saturated rings. The first-order chi connectivity index (χ1) is 10.9. The van der Waals surface area contributed by atoms with Crippen molar-refractivity contribution >= 4 is 5.91 Å². The Morgan fingerprint density at radius 1 is 1.17 bits per heavy atom. The number of amides is 1. The molecule has 1 unspecified atom stereocenters. The van der Waals surface area contributed by atoms with Crippen molar-refractivity contribution in [1.82, 2.24) is 10.2 Å². The second-order valence-corrected chi connectivity index (χ2v) is 7.35. The van der Waals surface area contributed by atoms with Crippen LogP contribution in [0.4, 0.5) is 0 Å². The van der Waals surface area contributed by atoms with E-state index in [1.807, 2.05) is 32.9 Å². The Morgan fingerprint density at radius 3 is 2.30 bits per heavy atom. The molecule has 1 aliphatic heterocycles. The molecule has 4 nitrogen and oxygen atoms in total. The second-order valence-electron chi connectivity index (χ2n) is 7.35.